The first-order chi connectivity index (χ1) is 11.6. The van der Waals surface area contributed by atoms with Gasteiger partial charge in [-0.2, -0.15) is 0 Å². The highest BCUT2D eigenvalue weighted by Gasteiger charge is 2.20. The van der Waals surface area contributed by atoms with E-state index in [2.05, 4.69) is 26.1 Å². The van der Waals surface area contributed by atoms with Crippen LogP contribution >= 0.6 is 27.5 Å². The van der Waals surface area contributed by atoms with Gasteiger partial charge in [-0.25, -0.2) is 4.39 Å². The fraction of sp³-hybridized carbons (Fsp3) is 0.278. The van der Waals surface area contributed by atoms with Gasteiger partial charge < -0.3 is 10.2 Å². The molecule has 126 valence electrons. The average Bonchev–Trinajstić information content (AvgIpc) is 2.57. The van der Waals surface area contributed by atoms with Crippen LogP contribution in [0.3, 0.4) is 0 Å². The van der Waals surface area contributed by atoms with Crippen molar-refractivity contribution in [3.8, 4) is 0 Å². The summed E-state index contributed by atoms with van der Waals surface area (Å²) in [4.78, 5) is 14.8. The Balaban J connectivity index is 1.91. The number of benzene rings is 2. The van der Waals surface area contributed by atoms with Crippen molar-refractivity contribution in [2.45, 2.75) is 19.3 Å². The van der Waals surface area contributed by atoms with Gasteiger partial charge in [-0.1, -0.05) is 33.6 Å². The molecule has 1 fully saturated rings. The Bertz CT molecular complexity index is 742. The Morgan fingerprint density at radius 3 is 2.62 bits per heavy atom. The minimum atomic E-state index is -0.628. The zero-order valence-corrected chi connectivity index (χ0v) is 15.3. The average molecular weight is 412 g/mol. The van der Waals surface area contributed by atoms with E-state index < -0.39 is 11.7 Å². The molecule has 2 aromatic rings. The van der Waals surface area contributed by atoms with Gasteiger partial charge in [-0.05, 0) is 49.6 Å². The summed E-state index contributed by atoms with van der Waals surface area (Å²) in [5.41, 5.74) is 1.46. The second-order valence-corrected chi connectivity index (χ2v) is 7.08. The van der Waals surface area contributed by atoms with Crippen molar-refractivity contribution < 1.29 is 9.18 Å². The molecule has 6 heteroatoms. The van der Waals surface area contributed by atoms with Crippen LogP contribution in [0.15, 0.2) is 40.9 Å². The minimum Gasteiger partial charge on any atom is -0.370 e. The number of hydrogen-bond acceptors (Lipinski definition) is 2. The van der Waals surface area contributed by atoms with E-state index in [-0.39, 0.29) is 10.6 Å². The number of hydrogen-bond donors (Lipinski definition) is 1. The third-order valence-electron chi connectivity index (χ3n) is 4.09. The lowest BCUT2D eigenvalue weighted by Crippen LogP contribution is -2.30. The van der Waals surface area contributed by atoms with Crippen molar-refractivity contribution in [3.05, 3.63) is 57.3 Å². The third kappa shape index (κ3) is 3.73. The molecular weight excluding hydrogens is 395 g/mol. The highest BCUT2D eigenvalue weighted by molar-refractivity contribution is 9.10. The first-order valence-corrected chi connectivity index (χ1v) is 9.03. The van der Waals surface area contributed by atoms with Crippen molar-refractivity contribution in [2.24, 2.45) is 0 Å². The van der Waals surface area contributed by atoms with Crippen molar-refractivity contribution in [3.63, 3.8) is 0 Å². The molecule has 1 N–H and O–H groups in total. The topological polar surface area (TPSA) is 32.3 Å². The van der Waals surface area contributed by atoms with Crippen LogP contribution in [0.4, 0.5) is 15.8 Å². The normalized spacial score (nSPS) is 14.5. The minimum absolute atomic E-state index is 0.101. The lowest BCUT2D eigenvalue weighted by molar-refractivity contribution is 0.102. The number of nitrogens with one attached hydrogen (secondary N) is 1. The van der Waals surface area contributed by atoms with Crippen molar-refractivity contribution in [1.82, 2.24) is 0 Å². The molecule has 0 radical (unpaired) electrons. The van der Waals surface area contributed by atoms with Crippen molar-refractivity contribution in [1.29, 1.82) is 0 Å². The summed E-state index contributed by atoms with van der Waals surface area (Å²) in [6.07, 6.45) is 3.47. The highest BCUT2D eigenvalue weighted by atomic mass is 79.9. The molecule has 0 unspecified atom stereocenters. The SMILES string of the molecule is O=C(Nc1ccc(Br)cc1N1CCCCC1)c1c(F)cccc1Cl. The summed E-state index contributed by atoms with van der Waals surface area (Å²) in [5.74, 6) is -1.17. The first-order valence-electron chi connectivity index (χ1n) is 7.86. The van der Waals surface area contributed by atoms with Crippen LogP contribution in [0.25, 0.3) is 0 Å². The molecule has 1 heterocycles. The Labute approximate surface area is 153 Å². The molecule has 1 aliphatic rings. The van der Waals surface area contributed by atoms with Crippen LogP contribution in [0.2, 0.25) is 5.02 Å². The number of piperidine rings is 1. The quantitative estimate of drug-likeness (QED) is 0.725. The fourth-order valence-corrected chi connectivity index (χ4v) is 3.50. The van der Waals surface area contributed by atoms with E-state index in [1.807, 2.05) is 18.2 Å². The molecule has 0 atom stereocenters. The van der Waals surface area contributed by atoms with E-state index in [4.69, 9.17) is 11.6 Å². The summed E-state index contributed by atoms with van der Waals surface area (Å²) in [6, 6.07) is 9.87. The summed E-state index contributed by atoms with van der Waals surface area (Å²) in [6.45, 7) is 1.89. The smallest absolute Gasteiger partial charge is 0.260 e. The van der Waals surface area contributed by atoms with E-state index in [0.29, 0.717) is 5.69 Å². The maximum absolute atomic E-state index is 14.0. The molecule has 1 saturated heterocycles. The highest BCUT2D eigenvalue weighted by Crippen LogP contribution is 2.32. The monoisotopic (exact) mass is 410 g/mol. The lowest BCUT2D eigenvalue weighted by atomic mass is 10.1. The molecule has 3 rings (SSSR count). The Hall–Kier alpha value is -1.59. The zero-order valence-electron chi connectivity index (χ0n) is 13.0. The molecule has 1 aliphatic heterocycles. The number of amides is 1. The van der Waals surface area contributed by atoms with Gasteiger partial charge in [0.05, 0.1) is 22.0 Å². The van der Waals surface area contributed by atoms with Crippen LogP contribution in [0.5, 0.6) is 0 Å². The van der Waals surface area contributed by atoms with Gasteiger partial charge in [-0.15, -0.1) is 0 Å². The van der Waals surface area contributed by atoms with Gasteiger partial charge in [0.1, 0.15) is 5.82 Å². The molecule has 3 nitrogen and oxygen atoms in total. The molecule has 24 heavy (non-hydrogen) atoms. The number of rotatable bonds is 3. The van der Waals surface area contributed by atoms with Gasteiger partial charge in [0.25, 0.3) is 5.91 Å². The Kier molecular flexibility index (Phi) is 5.41. The Morgan fingerprint density at radius 2 is 1.92 bits per heavy atom. The maximum Gasteiger partial charge on any atom is 0.260 e. The molecule has 0 aliphatic carbocycles. The zero-order chi connectivity index (χ0) is 17.1. The summed E-state index contributed by atoms with van der Waals surface area (Å²) < 4.78 is 14.9. The molecule has 0 aromatic heterocycles. The summed E-state index contributed by atoms with van der Waals surface area (Å²) >= 11 is 9.46. The van der Waals surface area contributed by atoms with Crippen LogP contribution in [0.1, 0.15) is 29.6 Å². The predicted molar refractivity (Wildman–Crippen MR) is 99.6 cm³/mol. The Morgan fingerprint density at radius 1 is 1.17 bits per heavy atom. The van der Waals surface area contributed by atoms with Crippen LogP contribution < -0.4 is 10.2 Å². The molecule has 0 saturated carbocycles. The van der Waals surface area contributed by atoms with Gasteiger partial charge in [0.15, 0.2) is 0 Å². The van der Waals surface area contributed by atoms with Gasteiger partial charge >= 0.3 is 0 Å². The fourth-order valence-electron chi connectivity index (χ4n) is 2.91. The van der Waals surface area contributed by atoms with Gasteiger partial charge in [0, 0.05) is 17.6 Å². The number of carbonyl (C=O) groups excluding carboxylic acids is 1. The first kappa shape index (κ1) is 17.2. The van der Waals surface area contributed by atoms with E-state index in [0.717, 1.165) is 36.1 Å². The largest absolute Gasteiger partial charge is 0.370 e. The molecule has 2 aromatic carbocycles. The number of halogens is 3. The van der Waals surface area contributed by atoms with E-state index >= 15 is 0 Å². The maximum atomic E-state index is 14.0. The van der Waals surface area contributed by atoms with Gasteiger partial charge in [-0.3, -0.25) is 4.79 Å². The van der Waals surface area contributed by atoms with E-state index in [1.54, 1.807) is 0 Å². The summed E-state index contributed by atoms with van der Waals surface area (Å²) in [7, 11) is 0. The molecule has 0 bridgehead atoms. The molecule has 1 amide bonds. The van der Waals surface area contributed by atoms with Crippen molar-refractivity contribution in [2.75, 3.05) is 23.3 Å². The second kappa shape index (κ2) is 7.53. The second-order valence-electron chi connectivity index (χ2n) is 5.76. The standard InChI is InChI=1S/C18H17BrClFN2O/c19-12-7-8-15(16(11-12)23-9-2-1-3-10-23)22-18(24)17-13(20)5-4-6-14(17)21/h4-8,11H,1-3,9-10H2,(H,22,24). The van der Waals surface area contributed by atoms with Gasteiger partial charge in [0.2, 0.25) is 0 Å². The lowest BCUT2D eigenvalue weighted by Gasteiger charge is -2.30. The molecule has 0 spiro atoms. The summed E-state index contributed by atoms with van der Waals surface area (Å²) in [5, 5.41) is 2.91. The van der Waals surface area contributed by atoms with Crippen LogP contribution in [-0.4, -0.2) is 19.0 Å². The van der Waals surface area contributed by atoms with Crippen LogP contribution in [-0.2, 0) is 0 Å². The third-order valence-corrected chi connectivity index (χ3v) is 4.90. The van der Waals surface area contributed by atoms with Crippen molar-refractivity contribution >= 4 is 44.8 Å². The number of carbonyl (C=O) groups is 1. The predicted octanol–water partition coefficient (Wildman–Crippen LogP) is 5.48. The van der Waals surface area contributed by atoms with Crippen LogP contribution in [0, 0.1) is 5.82 Å². The van der Waals surface area contributed by atoms with E-state index in [9.17, 15) is 9.18 Å². The van der Waals surface area contributed by atoms with E-state index in [1.165, 1.54) is 24.6 Å². The number of nitrogens with zero attached hydrogens (tertiary/aromatic N) is 1. The molecular formula is C18H17BrClFN2O. The number of anilines is 2.